The minimum atomic E-state index is 0.627. The molecule has 1 nitrogen and oxygen atoms in total. The van der Waals surface area contributed by atoms with Gasteiger partial charge >= 0.3 is 0 Å². The van der Waals surface area contributed by atoms with Crippen molar-refractivity contribution in [3.8, 4) is 0 Å². The Morgan fingerprint density at radius 1 is 1.11 bits per heavy atom. The maximum absolute atomic E-state index is 3.64. The van der Waals surface area contributed by atoms with E-state index in [4.69, 9.17) is 0 Å². The van der Waals surface area contributed by atoms with Crippen LogP contribution in [0.1, 0.15) is 62.6 Å². The number of aryl methyl sites for hydroxylation is 2. The predicted octanol–water partition coefficient (Wildman–Crippen LogP) is 4.75. The van der Waals surface area contributed by atoms with Crippen molar-refractivity contribution >= 4 is 0 Å². The summed E-state index contributed by atoms with van der Waals surface area (Å²) < 4.78 is 0. The molecule has 0 amide bonds. The van der Waals surface area contributed by atoms with Crippen LogP contribution in [0.3, 0.4) is 0 Å². The Bertz CT molecular complexity index is 343. The second kappa shape index (κ2) is 8.31. The summed E-state index contributed by atoms with van der Waals surface area (Å²) in [5, 5.41) is 3.64. The molecule has 18 heavy (non-hydrogen) atoms. The molecule has 0 aromatic heterocycles. The standard InChI is InChI=1S/C17H29N/c1-5-6-7-8-9-16(4)18-13-17-11-10-14(2)12-15(17)3/h10-12,16,18H,5-9,13H2,1-4H3. The van der Waals surface area contributed by atoms with E-state index < -0.39 is 0 Å². The van der Waals surface area contributed by atoms with Crippen molar-refractivity contribution < 1.29 is 0 Å². The Labute approximate surface area is 113 Å². The minimum Gasteiger partial charge on any atom is -0.310 e. The Balaban J connectivity index is 2.27. The first-order valence-corrected chi connectivity index (χ1v) is 7.43. The van der Waals surface area contributed by atoms with Gasteiger partial charge in [0, 0.05) is 12.6 Å². The molecule has 0 aliphatic rings. The third-order valence-corrected chi connectivity index (χ3v) is 3.63. The van der Waals surface area contributed by atoms with Crippen LogP contribution < -0.4 is 5.32 Å². The molecule has 0 saturated carbocycles. The summed E-state index contributed by atoms with van der Waals surface area (Å²) in [6.45, 7) is 9.93. The van der Waals surface area contributed by atoms with Gasteiger partial charge in [0.1, 0.15) is 0 Å². The van der Waals surface area contributed by atoms with E-state index in [1.54, 1.807) is 0 Å². The molecule has 1 atom stereocenters. The minimum absolute atomic E-state index is 0.627. The normalized spacial score (nSPS) is 12.7. The van der Waals surface area contributed by atoms with Gasteiger partial charge in [-0.1, -0.05) is 56.4 Å². The number of nitrogens with one attached hydrogen (secondary N) is 1. The fourth-order valence-electron chi connectivity index (χ4n) is 2.31. The highest BCUT2D eigenvalue weighted by atomic mass is 14.9. The zero-order chi connectivity index (χ0) is 13.4. The first-order chi connectivity index (χ1) is 8.63. The van der Waals surface area contributed by atoms with Crippen LogP contribution >= 0.6 is 0 Å². The van der Waals surface area contributed by atoms with Gasteiger partial charge in [0.15, 0.2) is 0 Å². The van der Waals surface area contributed by atoms with Crippen molar-refractivity contribution in [3.63, 3.8) is 0 Å². The van der Waals surface area contributed by atoms with Gasteiger partial charge in [-0.15, -0.1) is 0 Å². The van der Waals surface area contributed by atoms with E-state index in [0.717, 1.165) is 6.54 Å². The number of unbranched alkanes of at least 4 members (excludes halogenated alkanes) is 3. The quantitative estimate of drug-likeness (QED) is 0.654. The summed E-state index contributed by atoms with van der Waals surface area (Å²) in [5.74, 6) is 0. The second-order valence-electron chi connectivity index (χ2n) is 5.56. The van der Waals surface area contributed by atoms with E-state index in [1.807, 2.05) is 0 Å². The van der Waals surface area contributed by atoms with Crippen LogP contribution in [-0.2, 0) is 6.54 Å². The zero-order valence-electron chi connectivity index (χ0n) is 12.6. The van der Waals surface area contributed by atoms with E-state index in [1.165, 1.54) is 48.8 Å². The largest absolute Gasteiger partial charge is 0.310 e. The van der Waals surface area contributed by atoms with Gasteiger partial charge in [-0.25, -0.2) is 0 Å². The molecule has 0 radical (unpaired) electrons. The van der Waals surface area contributed by atoms with E-state index in [2.05, 4.69) is 51.2 Å². The summed E-state index contributed by atoms with van der Waals surface area (Å²) in [4.78, 5) is 0. The van der Waals surface area contributed by atoms with E-state index in [0.29, 0.717) is 6.04 Å². The van der Waals surface area contributed by atoms with Crippen LogP contribution in [0.4, 0.5) is 0 Å². The molecule has 102 valence electrons. The lowest BCUT2D eigenvalue weighted by atomic mass is 10.0. The summed E-state index contributed by atoms with van der Waals surface area (Å²) in [5.41, 5.74) is 4.19. The van der Waals surface area contributed by atoms with Crippen LogP contribution in [0.2, 0.25) is 0 Å². The van der Waals surface area contributed by atoms with Crippen LogP contribution in [0.5, 0.6) is 0 Å². The zero-order valence-corrected chi connectivity index (χ0v) is 12.6. The molecule has 0 heterocycles. The summed E-state index contributed by atoms with van der Waals surface area (Å²) in [6.07, 6.45) is 6.74. The molecule has 1 heteroatoms. The topological polar surface area (TPSA) is 12.0 Å². The lowest BCUT2D eigenvalue weighted by Crippen LogP contribution is -2.25. The van der Waals surface area contributed by atoms with Crippen LogP contribution in [-0.4, -0.2) is 6.04 Å². The highest BCUT2D eigenvalue weighted by molar-refractivity contribution is 5.30. The predicted molar refractivity (Wildman–Crippen MR) is 81.0 cm³/mol. The lowest BCUT2D eigenvalue weighted by Gasteiger charge is -2.15. The highest BCUT2D eigenvalue weighted by Crippen LogP contribution is 2.11. The maximum Gasteiger partial charge on any atom is 0.0210 e. The van der Waals surface area contributed by atoms with Gasteiger partial charge in [-0.2, -0.15) is 0 Å². The summed E-state index contributed by atoms with van der Waals surface area (Å²) in [6, 6.07) is 7.35. The summed E-state index contributed by atoms with van der Waals surface area (Å²) >= 11 is 0. The number of benzene rings is 1. The number of hydrogen-bond acceptors (Lipinski definition) is 1. The van der Waals surface area contributed by atoms with Gasteiger partial charge in [0.05, 0.1) is 0 Å². The summed E-state index contributed by atoms with van der Waals surface area (Å²) in [7, 11) is 0. The molecule has 0 aliphatic heterocycles. The van der Waals surface area contributed by atoms with Crippen molar-refractivity contribution in [2.24, 2.45) is 0 Å². The average Bonchev–Trinajstić information content (AvgIpc) is 2.33. The SMILES string of the molecule is CCCCCCC(C)NCc1ccc(C)cc1C. The number of hydrogen-bond donors (Lipinski definition) is 1. The van der Waals surface area contributed by atoms with E-state index in [-0.39, 0.29) is 0 Å². The Hall–Kier alpha value is -0.820. The van der Waals surface area contributed by atoms with Gasteiger partial charge in [0.25, 0.3) is 0 Å². The van der Waals surface area contributed by atoms with Crippen molar-refractivity contribution in [3.05, 3.63) is 34.9 Å². The monoisotopic (exact) mass is 247 g/mol. The molecule has 0 fully saturated rings. The fraction of sp³-hybridized carbons (Fsp3) is 0.647. The second-order valence-corrected chi connectivity index (χ2v) is 5.56. The van der Waals surface area contributed by atoms with Gasteiger partial charge in [0.2, 0.25) is 0 Å². The van der Waals surface area contributed by atoms with Crippen LogP contribution in [0, 0.1) is 13.8 Å². The van der Waals surface area contributed by atoms with Crippen molar-refractivity contribution in [1.82, 2.24) is 5.32 Å². The molecule has 0 saturated heterocycles. The van der Waals surface area contributed by atoms with Gasteiger partial charge in [-0.05, 0) is 38.3 Å². The molecular formula is C17H29N. The Morgan fingerprint density at radius 2 is 1.89 bits per heavy atom. The third kappa shape index (κ3) is 5.68. The van der Waals surface area contributed by atoms with Crippen molar-refractivity contribution in [1.29, 1.82) is 0 Å². The van der Waals surface area contributed by atoms with E-state index >= 15 is 0 Å². The Kier molecular flexibility index (Phi) is 7.04. The molecule has 0 bridgehead atoms. The molecule has 1 aromatic rings. The first-order valence-electron chi connectivity index (χ1n) is 7.43. The number of rotatable bonds is 8. The molecule has 0 spiro atoms. The third-order valence-electron chi connectivity index (χ3n) is 3.63. The van der Waals surface area contributed by atoms with E-state index in [9.17, 15) is 0 Å². The van der Waals surface area contributed by atoms with Gasteiger partial charge in [-0.3, -0.25) is 0 Å². The maximum atomic E-state index is 3.64. The van der Waals surface area contributed by atoms with Crippen LogP contribution in [0.25, 0.3) is 0 Å². The molecule has 1 N–H and O–H groups in total. The molecule has 1 unspecified atom stereocenters. The lowest BCUT2D eigenvalue weighted by molar-refractivity contribution is 0.482. The molecule has 1 rings (SSSR count). The molecule has 1 aromatic carbocycles. The first kappa shape index (κ1) is 15.2. The Morgan fingerprint density at radius 3 is 2.56 bits per heavy atom. The smallest absolute Gasteiger partial charge is 0.0210 e. The molecular weight excluding hydrogens is 218 g/mol. The van der Waals surface area contributed by atoms with Crippen molar-refractivity contribution in [2.75, 3.05) is 0 Å². The highest BCUT2D eigenvalue weighted by Gasteiger charge is 2.03. The van der Waals surface area contributed by atoms with Crippen molar-refractivity contribution in [2.45, 2.75) is 72.4 Å². The molecule has 0 aliphatic carbocycles. The fourth-order valence-corrected chi connectivity index (χ4v) is 2.31. The average molecular weight is 247 g/mol. The van der Waals surface area contributed by atoms with Crippen LogP contribution in [0.15, 0.2) is 18.2 Å². The van der Waals surface area contributed by atoms with Gasteiger partial charge < -0.3 is 5.32 Å².